The van der Waals surface area contributed by atoms with Gasteiger partial charge in [0, 0.05) is 12.0 Å². The third-order valence-corrected chi connectivity index (χ3v) is 3.41. The van der Waals surface area contributed by atoms with Crippen molar-refractivity contribution in [3.05, 3.63) is 71.3 Å². The molecule has 0 unspecified atom stereocenters. The van der Waals surface area contributed by atoms with Crippen molar-refractivity contribution < 1.29 is 4.84 Å². The topological polar surface area (TPSA) is 21.6 Å². The zero-order chi connectivity index (χ0) is 13.8. The van der Waals surface area contributed by atoms with Crippen molar-refractivity contribution in [3.8, 4) is 0 Å². The van der Waals surface area contributed by atoms with Crippen molar-refractivity contribution in [2.75, 3.05) is 0 Å². The van der Waals surface area contributed by atoms with Crippen LogP contribution >= 0.6 is 0 Å². The first-order valence-corrected chi connectivity index (χ1v) is 6.84. The SMILES string of the molecule is CC1=NO[C@@H](c2ccccc2C=Cc2ccccc2)C1. The second-order valence-corrected chi connectivity index (χ2v) is 5.00. The van der Waals surface area contributed by atoms with Gasteiger partial charge in [0.25, 0.3) is 0 Å². The summed E-state index contributed by atoms with van der Waals surface area (Å²) < 4.78 is 0. The summed E-state index contributed by atoms with van der Waals surface area (Å²) >= 11 is 0. The third kappa shape index (κ3) is 2.80. The van der Waals surface area contributed by atoms with Gasteiger partial charge in [-0.15, -0.1) is 0 Å². The van der Waals surface area contributed by atoms with E-state index < -0.39 is 0 Å². The van der Waals surface area contributed by atoms with Gasteiger partial charge >= 0.3 is 0 Å². The van der Waals surface area contributed by atoms with Crippen LogP contribution in [0.15, 0.2) is 59.8 Å². The standard InChI is InChI=1S/C18H17NO/c1-14-13-18(20-19-14)17-10-6-5-9-16(17)12-11-15-7-3-2-4-8-15/h2-12,18H,13H2,1H3/t18-/m1/s1. The van der Waals surface area contributed by atoms with Gasteiger partial charge in [-0.05, 0) is 18.1 Å². The molecule has 0 saturated carbocycles. The van der Waals surface area contributed by atoms with E-state index in [4.69, 9.17) is 4.84 Å². The molecule has 1 atom stereocenters. The lowest BCUT2D eigenvalue weighted by molar-refractivity contribution is 0.0856. The molecular weight excluding hydrogens is 246 g/mol. The van der Waals surface area contributed by atoms with Crippen LogP contribution < -0.4 is 0 Å². The lowest BCUT2D eigenvalue weighted by atomic mass is 9.98. The van der Waals surface area contributed by atoms with E-state index in [2.05, 4.69) is 47.6 Å². The fourth-order valence-corrected chi connectivity index (χ4v) is 2.37. The van der Waals surface area contributed by atoms with Gasteiger partial charge in [-0.2, -0.15) is 0 Å². The van der Waals surface area contributed by atoms with Crippen molar-refractivity contribution in [1.29, 1.82) is 0 Å². The van der Waals surface area contributed by atoms with Crippen LogP contribution in [0.1, 0.15) is 36.1 Å². The average molecular weight is 263 g/mol. The summed E-state index contributed by atoms with van der Waals surface area (Å²) in [4.78, 5) is 5.50. The summed E-state index contributed by atoms with van der Waals surface area (Å²) in [6.07, 6.45) is 5.19. The van der Waals surface area contributed by atoms with Gasteiger partial charge in [0.2, 0.25) is 0 Å². The highest BCUT2D eigenvalue weighted by atomic mass is 16.6. The second-order valence-electron chi connectivity index (χ2n) is 5.00. The first kappa shape index (κ1) is 12.7. The molecule has 1 aliphatic rings. The first-order chi connectivity index (χ1) is 9.83. The molecule has 0 saturated heterocycles. The molecule has 20 heavy (non-hydrogen) atoms. The molecule has 0 radical (unpaired) electrons. The molecular formula is C18H17NO. The average Bonchev–Trinajstić information content (AvgIpc) is 2.93. The Hall–Kier alpha value is -2.35. The van der Waals surface area contributed by atoms with Crippen LogP contribution in [-0.2, 0) is 4.84 Å². The van der Waals surface area contributed by atoms with Crippen molar-refractivity contribution in [2.24, 2.45) is 5.16 Å². The normalized spacial score (nSPS) is 18.1. The minimum absolute atomic E-state index is 0.0478. The highest BCUT2D eigenvalue weighted by molar-refractivity contribution is 5.83. The maximum atomic E-state index is 5.50. The molecule has 0 fully saturated rings. The van der Waals surface area contributed by atoms with E-state index in [9.17, 15) is 0 Å². The highest BCUT2D eigenvalue weighted by Gasteiger charge is 2.21. The number of rotatable bonds is 3. The van der Waals surface area contributed by atoms with Crippen LogP contribution in [0.5, 0.6) is 0 Å². The van der Waals surface area contributed by atoms with Crippen LogP contribution in [0.2, 0.25) is 0 Å². The maximum Gasteiger partial charge on any atom is 0.158 e. The van der Waals surface area contributed by atoms with E-state index in [0.717, 1.165) is 12.1 Å². The molecule has 2 nitrogen and oxygen atoms in total. The summed E-state index contributed by atoms with van der Waals surface area (Å²) in [5.74, 6) is 0. The predicted molar refractivity (Wildman–Crippen MR) is 83.4 cm³/mol. The Morgan fingerprint density at radius 3 is 2.50 bits per heavy atom. The van der Waals surface area contributed by atoms with E-state index in [1.807, 2.05) is 31.2 Å². The van der Waals surface area contributed by atoms with Crippen LogP contribution in [-0.4, -0.2) is 5.71 Å². The molecule has 2 aromatic rings. The molecule has 0 aliphatic carbocycles. The monoisotopic (exact) mass is 263 g/mol. The van der Waals surface area contributed by atoms with Gasteiger partial charge in [0.1, 0.15) is 0 Å². The molecule has 3 rings (SSSR count). The summed E-state index contributed by atoms with van der Waals surface area (Å²) in [7, 11) is 0. The quantitative estimate of drug-likeness (QED) is 0.736. The summed E-state index contributed by atoms with van der Waals surface area (Å²) in [5.41, 5.74) is 4.63. The van der Waals surface area contributed by atoms with Gasteiger partial charge in [-0.25, -0.2) is 0 Å². The number of benzene rings is 2. The van der Waals surface area contributed by atoms with E-state index in [0.29, 0.717) is 0 Å². The molecule has 0 spiro atoms. The molecule has 0 amide bonds. The summed E-state index contributed by atoms with van der Waals surface area (Å²) in [5, 5.41) is 4.05. The molecule has 1 aliphatic heterocycles. The lowest BCUT2D eigenvalue weighted by Crippen LogP contribution is -2.00. The Labute approximate surface area is 119 Å². The number of nitrogens with zero attached hydrogens (tertiary/aromatic N) is 1. The highest BCUT2D eigenvalue weighted by Crippen LogP contribution is 2.30. The molecule has 1 heterocycles. The zero-order valence-electron chi connectivity index (χ0n) is 11.5. The molecule has 2 aromatic carbocycles. The van der Waals surface area contributed by atoms with Crippen LogP contribution in [0.25, 0.3) is 12.2 Å². The number of hydrogen-bond acceptors (Lipinski definition) is 2. The largest absolute Gasteiger partial charge is 0.387 e. The number of hydrogen-bond donors (Lipinski definition) is 0. The van der Waals surface area contributed by atoms with Gasteiger partial charge in [0.05, 0.1) is 5.71 Å². The minimum Gasteiger partial charge on any atom is -0.387 e. The van der Waals surface area contributed by atoms with Crippen LogP contribution in [0.4, 0.5) is 0 Å². The van der Waals surface area contributed by atoms with E-state index in [1.165, 1.54) is 16.7 Å². The van der Waals surface area contributed by atoms with Crippen LogP contribution in [0.3, 0.4) is 0 Å². The minimum atomic E-state index is 0.0478. The van der Waals surface area contributed by atoms with Gasteiger partial charge in [0.15, 0.2) is 6.10 Å². The fraction of sp³-hybridized carbons (Fsp3) is 0.167. The first-order valence-electron chi connectivity index (χ1n) is 6.84. The molecule has 2 heteroatoms. The Kier molecular flexibility index (Phi) is 3.64. The summed E-state index contributed by atoms with van der Waals surface area (Å²) in [6.45, 7) is 2.00. The van der Waals surface area contributed by atoms with Gasteiger partial charge in [-0.1, -0.05) is 71.9 Å². The number of oxime groups is 1. The predicted octanol–water partition coefficient (Wildman–Crippen LogP) is 4.69. The molecule has 0 bridgehead atoms. The molecule has 100 valence electrons. The van der Waals surface area contributed by atoms with Crippen molar-refractivity contribution in [1.82, 2.24) is 0 Å². The zero-order valence-corrected chi connectivity index (χ0v) is 11.5. The molecule has 0 N–H and O–H groups in total. The summed E-state index contributed by atoms with van der Waals surface area (Å²) in [6, 6.07) is 18.6. The van der Waals surface area contributed by atoms with Crippen molar-refractivity contribution >= 4 is 17.9 Å². The second kappa shape index (κ2) is 5.74. The van der Waals surface area contributed by atoms with Gasteiger partial charge < -0.3 is 4.84 Å². The van der Waals surface area contributed by atoms with E-state index >= 15 is 0 Å². The van der Waals surface area contributed by atoms with Crippen LogP contribution in [0, 0.1) is 0 Å². The molecule has 0 aromatic heterocycles. The lowest BCUT2D eigenvalue weighted by Gasteiger charge is -2.11. The Morgan fingerprint density at radius 1 is 1.00 bits per heavy atom. The van der Waals surface area contributed by atoms with E-state index in [-0.39, 0.29) is 6.10 Å². The smallest absolute Gasteiger partial charge is 0.158 e. The van der Waals surface area contributed by atoms with Crippen molar-refractivity contribution in [2.45, 2.75) is 19.4 Å². The Bertz CT molecular complexity index is 643. The Morgan fingerprint density at radius 2 is 1.75 bits per heavy atom. The van der Waals surface area contributed by atoms with Gasteiger partial charge in [-0.3, -0.25) is 0 Å². The fourth-order valence-electron chi connectivity index (χ4n) is 2.37. The van der Waals surface area contributed by atoms with E-state index in [1.54, 1.807) is 0 Å². The maximum absolute atomic E-state index is 5.50. The Balaban J connectivity index is 1.85. The van der Waals surface area contributed by atoms with Crippen molar-refractivity contribution in [3.63, 3.8) is 0 Å². The third-order valence-electron chi connectivity index (χ3n) is 3.41.